The number of carbonyl (C=O) groups is 2. The van der Waals surface area contributed by atoms with Crippen molar-refractivity contribution in [1.29, 1.82) is 0 Å². The highest BCUT2D eigenvalue weighted by atomic mass is 32.1. The molecule has 1 fully saturated rings. The van der Waals surface area contributed by atoms with Crippen LogP contribution < -0.4 is 5.32 Å². The summed E-state index contributed by atoms with van der Waals surface area (Å²) in [5.74, 6) is -0.180. The van der Waals surface area contributed by atoms with Crippen molar-refractivity contribution in [2.75, 3.05) is 0 Å². The average Bonchev–Trinajstić information content (AvgIpc) is 3.04. The smallest absolute Gasteiger partial charge is 0.247 e. The largest absolute Gasteiger partial charge is 0.297 e. The number of likely N-dealkylation sites (tertiary alicyclic amines) is 1. The molecule has 0 radical (unpaired) electrons. The van der Waals surface area contributed by atoms with Crippen molar-refractivity contribution in [3.8, 4) is 0 Å². The summed E-state index contributed by atoms with van der Waals surface area (Å²) in [6.07, 6.45) is 3.88. The van der Waals surface area contributed by atoms with E-state index in [1.807, 2.05) is 27.0 Å². The molecule has 1 aliphatic rings. The van der Waals surface area contributed by atoms with E-state index in [4.69, 9.17) is 0 Å². The fourth-order valence-corrected chi connectivity index (χ4v) is 3.35. The van der Waals surface area contributed by atoms with Gasteiger partial charge in [0, 0.05) is 17.1 Å². The molecular formula is C15H23N3O2S. The molecule has 0 bridgehead atoms. The lowest BCUT2D eigenvalue weighted by molar-refractivity contribution is -0.141. The Labute approximate surface area is 129 Å². The van der Waals surface area contributed by atoms with Gasteiger partial charge >= 0.3 is 0 Å². The minimum Gasteiger partial charge on any atom is -0.297 e. The fourth-order valence-electron chi connectivity index (χ4n) is 2.49. The van der Waals surface area contributed by atoms with Crippen LogP contribution in [0, 0.1) is 0 Å². The second-order valence-corrected chi connectivity index (χ2v) is 6.67. The Kier molecular flexibility index (Phi) is 5.11. The van der Waals surface area contributed by atoms with E-state index in [1.165, 1.54) is 9.78 Å². The minimum atomic E-state index is -0.421. The van der Waals surface area contributed by atoms with Crippen LogP contribution in [0.1, 0.15) is 56.5 Å². The van der Waals surface area contributed by atoms with E-state index in [2.05, 4.69) is 17.2 Å². The van der Waals surface area contributed by atoms with E-state index in [0.29, 0.717) is 0 Å². The maximum absolute atomic E-state index is 12.4. The molecule has 1 aromatic rings. The number of thiazole rings is 1. The van der Waals surface area contributed by atoms with Crippen LogP contribution >= 0.6 is 11.3 Å². The molecule has 0 aromatic carbocycles. The number of hydrogen-bond acceptors (Lipinski definition) is 5. The lowest BCUT2D eigenvalue weighted by atomic mass is 10.2. The number of nitrogens with zero attached hydrogens (tertiary/aromatic N) is 2. The Morgan fingerprint density at radius 3 is 2.71 bits per heavy atom. The molecule has 2 amide bonds. The molecule has 1 aliphatic heterocycles. The zero-order valence-corrected chi connectivity index (χ0v) is 13.9. The maximum Gasteiger partial charge on any atom is 0.247 e. The molecular weight excluding hydrogens is 286 g/mol. The quantitative estimate of drug-likeness (QED) is 0.819. The van der Waals surface area contributed by atoms with Crippen molar-refractivity contribution in [2.24, 2.45) is 0 Å². The molecule has 1 aromatic heterocycles. The van der Waals surface area contributed by atoms with Crippen LogP contribution in [-0.4, -0.2) is 33.8 Å². The van der Waals surface area contributed by atoms with E-state index in [1.54, 1.807) is 11.3 Å². The zero-order chi connectivity index (χ0) is 15.6. The molecule has 2 rings (SSSR count). The van der Waals surface area contributed by atoms with Crippen LogP contribution in [0.3, 0.4) is 0 Å². The normalized spacial score (nSPS) is 21.9. The highest BCUT2D eigenvalue weighted by molar-refractivity contribution is 7.11. The van der Waals surface area contributed by atoms with E-state index in [-0.39, 0.29) is 30.3 Å². The van der Waals surface area contributed by atoms with Gasteiger partial charge in [0.1, 0.15) is 5.01 Å². The van der Waals surface area contributed by atoms with Crippen molar-refractivity contribution in [3.05, 3.63) is 16.1 Å². The van der Waals surface area contributed by atoms with Crippen molar-refractivity contribution in [3.63, 3.8) is 0 Å². The fraction of sp³-hybridized carbons (Fsp3) is 0.667. The average molecular weight is 309 g/mol. The van der Waals surface area contributed by atoms with Crippen LogP contribution in [0.4, 0.5) is 0 Å². The number of aromatic nitrogens is 1. The Morgan fingerprint density at radius 1 is 1.43 bits per heavy atom. The molecule has 5 nitrogen and oxygen atoms in total. The summed E-state index contributed by atoms with van der Waals surface area (Å²) in [4.78, 5) is 31.4. The van der Waals surface area contributed by atoms with E-state index in [0.717, 1.165) is 17.8 Å². The predicted molar refractivity (Wildman–Crippen MR) is 83.1 cm³/mol. The van der Waals surface area contributed by atoms with Gasteiger partial charge in [-0.3, -0.25) is 19.8 Å². The molecule has 0 saturated carbocycles. The van der Waals surface area contributed by atoms with Crippen LogP contribution in [0.15, 0.2) is 6.20 Å². The molecule has 3 unspecified atom stereocenters. The van der Waals surface area contributed by atoms with Crippen LogP contribution in [-0.2, 0) is 16.0 Å². The maximum atomic E-state index is 12.4. The van der Waals surface area contributed by atoms with Crippen LogP contribution in [0.5, 0.6) is 0 Å². The van der Waals surface area contributed by atoms with E-state index < -0.39 is 6.04 Å². The van der Waals surface area contributed by atoms with Crippen molar-refractivity contribution < 1.29 is 9.59 Å². The summed E-state index contributed by atoms with van der Waals surface area (Å²) in [5, 5.41) is 4.22. The summed E-state index contributed by atoms with van der Waals surface area (Å²) in [5.41, 5.74) is 0. The summed E-state index contributed by atoms with van der Waals surface area (Å²) in [6.45, 7) is 7.98. The molecule has 116 valence electrons. The van der Waals surface area contributed by atoms with Crippen molar-refractivity contribution in [1.82, 2.24) is 15.2 Å². The third kappa shape index (κ3) is 3.32. The molecule has 1 saturated heterocycles. The molecule has 2 heterocycles. The van der Waals surface area contributed by atoms with Crippen molar-refractivity contribution in [2.45, 2.75) is 65.1 Å². The van der Waals surface area contributed by atoms with Gasteiger partial charge in [0.25, 0.3) is 0 Å². The molecule has 0 aliphatic carbocycles. The number of carbonyl (C=O) groups excluding carboxylic acids is 2. The second-order valence-electron chi connectivity index (χ2n) is 5.52. The first-order valence-corrected chi connectivity index (χ1v) is 8.36. The highest BCUT2D eigenvalue weighted by Gasteiger charge is 2.41. The van der Waals surface area contributed by atoms with Gasteiger partial charge in [-0.15, -0.1) is 11.3 Å². The van der Waals surface area contributed by atoms with Gasteiger partial charge in [0.2, 0.25) is 11.8 Å². The Hall–Kier alpha value is -1.27. The molecule has 0 spiro atoms. The van der Waals surface area contributed by atoms with Gasteiger partial charge in [0.15, 0.2) is 0 Å². The summed E-state index contributed by atoms with van der Waals surface area (Å²) < 4.78 is 0. The van der Waals surface area contributed by atoms with Gasteiger partial charge in [-0.25, -0.2) is 4.98 Å². The predicted octanol–water partition coefficient (Wildman–Crippen LogP) is 2.28. The number of rotatable bonds is 6. The molecule has 21 heavy (non-hydrogen) atoms. The SMILES string of the molecule is CCc1cnc(C(C)NC2CC(=O)N(C(C)CC)C2=O)s1. The minimum absolute atomic E-state index is 0.0195. The molecule has 3 atom stereocenters. The van der Waals surface area contributed by atoms with Crippen LogP contribution in [0.2, 0.25) is 0 Å². The number of nitrogens with one attached hydrogen (secondary N) is 1. The first-order valence-electron chi connectivity index (χ1n) is 7.54. The van der Waals surface area contributed by atoms with Gasteiger partial charge in [0.05, 0.1) is 18.5 Å². The monoisotopic (exact) mass is 309 g/mol. The van der Waals surface area contributed by atoms with Crippen LogP contribution in [0.25, 0.3) is 0 Å². The van der Waals surface area contributed by atoms with Gasteiger partial charge in [-0.1, -0.05) is 13.8 Å². The van der Waals surface area contributed by atoms with Gasteiger partial charge in [-0.05, 0) is 26.7 Å². The molecule has 6 heteroatoms. The number of amides is 2. The van der Waals surface area contributed by atoms with Crippen molar-refractivity contribution >= 4 is 23.2 Å². The number of aryl methyl sites for hydroxylation is 1. The lowest BCUT2D eigenvalue weighted by Crippen LogP contribution is -2.43. The Balaban J connectivity index is 2.03. The summed E-state index contributed by atoms with van der Waals surface area (Å²) in [7, 11) is 0. The van der Waals surface area contributed by atoms with Gasteiger partial charge in [-0.2, -0.15) is 0 Å². The van der Waals surface area contributed by atoms with E-state index >= 15 is 0 Å². The topological polar surface area (TPSA) is 62.3 Å². The number of hydrogen-bond donors (Lipinski definition) is 1. The first-order chi connectivity index (χ1) is 9.97. The Morgan fingerprint density at radius 2 is 2.14 bits per heavy atom. The standard InChI is InChI=1S/C15H23N3O2S/c1-5-9(3)18-13(19)7-12(15(18)20)17-10(4)14-16-8-11(6-2)21-14/h8-10,12,17H,5-7H2,1-4H3. The third-order valence-corrected chi connectivity index (χ3v) is 5.28. The summed E-state index contributed by atoms with van der Waals surface area (Å²) in [6, 6.07) is -0.469. The first kappa shape index (κ1) is 16.1. The Bertz CT molecular complexity index is 529. The zero-order valence-electron chi connectivity index (χ0n) is 13.0. The van der Waals surface area contributed by atoms with E-state index in [9.17, 15) is 9.59 Å². The number of imide groups is 1. The van der Waals surface area contributed by atoms with Gasteiger partial charge < -0.3 is 0 Å². The lowest BCUT2D eigenvalue weighted by Gasteiger charge is -2.22. The third-order valence-electron chi connectivity index (χ3n) is 3.96. The highest BCUT2D eigenvalue weighted by Crippen LogP contribution is 2.24. The summed E-state index contributed by atoms with van der Waals surface area (Å²) >= 11 is 1.65. The second kappa shape index (κ2) is 6.66. The molecule has 1 N–H and O–H groups in total.